The number of unbranched alkanes of at least 4 members (excludes halogenated alkanes) is 1. The number of carbonyl (C=O) groups excluding carboxylic acids is 1. The van der Waals surface area contributed by atoms with E-state index in [9.17, 15) is 4.79 Å². The number of morpholine rings is 1. The van der Waals surface area contributed by atoms with Crippen LogP contribution in [0, 0.1) is 0 Å². The van der Waals surface area contributed by atoms with E-state index in [1.54, 1.807) is 24.3 Å². The number of hydrogen-bond acceptors (Lipinski definition) is 4. The Balaban J connectivity index is 1.61. The zero-order valence-electron chi connectivity index (χ0n) is 11.9. The predicted molar refractivity (Wildman–Crippen MR) is 83.9 cm³/mol. The lowest BCUT2D eigenvalue weighted by atomic mass is 10.2. The quantitative estimate of drug-likeness (QED) is 0.647. The molecule has 0 radical (unpaired) electrons. The Labute approximate surface area is 129 Å². The fourth-order valence-corrected chi connectivity index (χ4v) is 2.16. The minimum Gasteiger partial charge on any atom is -0.378 e. The van der Waals surface area contributed by atoms with Crippen molar-refractivity contribution < 1.29 is 9.53 Å². The van der Waals surface area contributed by atoms with Crippen LogP contribution < -0.4 is 5.32 Å². The molecule has 1 saturated heterocycles. The molecule has 1 aromatic carbocycles. The van der Waals surface area contributed by atoms with Crippen LogP contribution >= 0.6 is 11.6 Å². The lowest BCUT2D eigenvalue weighted by Gasteiger charge is -2.23. The summed E-state index contributed by atoms with van der Waals surface area (Å²) in [5.41, 5.74) is 0.587. The highest BCUT2D eigenvalue weighted by Gasteiger charge is 2.06. The fourth-order valence-electron chi connectivity index (χ4n) is 1.97. The number of nitrogens with zero attached hydrogens (tertiary/aromatic N) is 2. The number of hydrazone groups is 1. The average molecular weight is 310 g/mol. The number of amides is 1. The van der Waals surface area contributed by atoms with Gasteiger partial charge in [0.1, 0.15) is 0 Å². The van der Waals surface area contributed by atoms with E-state index >= 15 is 0 Å². The Hall–Kier alpha value is -1.59. The molecule has 0 aliphatic carbocycles. The second kappa shape index (κ2) is 8.64. The maximum Gasteiger partial charge on any atom is 0.251 e. The second-order valence-corrected chi connectivity index (χ2v) is 5.21. The summed E-state index contributed by atoms with van der Waals surface area (Å²) in [4.78, 5) is 11.9. The van der Waals surface area contributed by atoms with Gasteiger partial charge in [0.2, 0.25) is 0 Å². The Morgan fingerprint density at radius 1 is 1.43 bits per heavy atom. The Bertz CT molecular complexity index is 488. The van der Waals surface area contributed by atoms with Crippen molar-refractivity contribution in [3.8, 4) is 0 Å². The maximum absolute atomic E-state index is 11.9. The molecule has 21 heavy (non-hydrogen) atoms. The van der Waals surface area contributed by atoms with E-state index in [1.165, 1.54) is 0 Å². The number of hydrogen-bond donors (Lipinski definition) is 1. The molecule has 1 aromatic rings. The largest absolute Gasteiger partial charge is 0.378 e. The van der Waals surface area contributed by atoms with Gasteiger partial charge >= 0.3 is 0 Å². The minimum absolute atomic E-state index is 0.0948. The van der Waals surface area contributed by atoms with Crippen LogP contribution in [0.15, 0.2) is 29.4 Å². The summed E-state index contributed by atoms with van der Waals surface area (Å²) >= 11 is 5.85. The van der Waals surface area contributed by atoms with E-state index in [0.29, 0.717) is 17.1 Å². The van der Waals surface area contributed by atoms with Gasteiger partial charge in [-0.1, -0.05) is 17.7 Å². The topological polar surface area (TPSA) is 53.9 Å². The molecule has 0 saturated carbocycles. The first-order chi connectivity index (χ1) is 10.3. The number of nitrogens with one attached hydrogen (secondary N) is 1. The fraction of sp³-hybridized carbons (Fsp3) is 0.467. The monoisotopic (exact) mass is 309 g/mol. The summed E-state index contributed by atoms with van der Waals surface area (Å²) in [6.07, 6.45) is 3.60. The molecule has 1 amide bonds. The third kappa shape index (κ3) is 5.73. The van der Waals surface area contributed by atoms with Crippen LogP contribution in [0.5, 0.6) is 0 Å². The number of carbonyl (C=O) groups is 1. The Morgan fingerprint density at radius 2 is 2.24 bits per heavy atom. The van der Waals surface area contributed by atoms with Crippen molar-refractivity contribution in [2.24, 2.45) is 5.10 Å². The van der Waals surface area contributed by atoms with Gasteiger partial charge in [0.05, 0.1) is 26.3 Å². The first kappa shape index (κ1) is 15.8. The summed E-state index contributed by atoms with van der Waals surface area (Å²) < 4.78 is 5.25. The normalized spacial score (nSPS) is 15.4. The molecule has 5 nitrogen and oxygen atoms in total. The standard InChI is InChI=1S/C15H20ClN3O2/c16-14-5-3-4-13(12-14)15(20)17-6-1-2-7-18-19-8-10-21-11-9-19/h3-5,7,12H,1-2,6,8-11H2,(H,17,20)/b18-7+. The van der Waals surface area contributed by atoms with E-state index in [2.05, 4.69) is 10.4 Å². The van der Waals surface area contributed by atoms with E-state index in [-0.39, 0.29) is 5.91 Å². The smallest absolute Gasteiger partial charge is 0.251 e. The van der Waals surface area contributed by atoms with E-state index in [1.807, 2.05) is 11.2 Å². The summed E-state index contributed by atoms with van der Waals surface area (Å²) in [6.45, 7) is 3.81. The van der Waals surface area contributed by atoms with Gasteiger partial charge in [0.25, 0.3) is 5.91 Å². The number of ether oxygens (including phenoxy) is 1. The van der Waals surface area contributed by atoms with Crippen LogP contribution in [0.25, 0.3) is 0 Å². The van der Waals surface area contributed by atoms with Gasteiger partial charge in [-0.3, -0.25) is 9.80 Å². The average Bonchev–Trinajstić information content (AvgIpc) is 2.51. The summed E-state index contributed by atoms with van der Waals surface area (Å²) in [6, 6.07) is 6.94. The molecule has 0 bridgehead atoms. The molecule has 0 atom stereocenters. The zero-order valence-corrected chi connectivity index (χ0v) is 12.7. The van der Waals surface area contributed by atoms with E-state index in [0.717, 1.165) is 39.1 Å². The van der Waals surface area contributed by atoms with Gasteiger partial charge in [-0.2, -0.15) is 5.10 Å². The van der Waals surface area contributed by atoms with Crippen molar-refractivity contribution in [2.45, 2.75) is 12.8 Å². The highest BCUT2D eigenvalue weighted by atomic mass is 35.5. The number of rotatable bonds is 6. The van der Waals surface area contributed by atoms with Crippen LogP contribution in [0.1, 0.15) is 23.2 Å². The van der Waals surface area contributed by atoms with Crippen molar-refractivity contribution in [3.05, 3.63) is 34.9 Å². The van der Waals surface area contributed by atoms with Crippen molar-refractivity contribution in [1.29, 1.82) is 0 Å². The first-order valence-electron chi connectivity index (χ1n) is 7.14. The highest BCUT2D eigenvalue weighted by Crippen LogP contribution is 2.10. The molecular weight excluding hydrogens is 290 g/mol. The molecule has 1 aliphatic rings. The predicted octanol–water partition coefficient (Wildman–Crippen LogP) is 2.17. The van der Waals surface area contributed by atoms with Crippen molar-refractivity contribution in [3.63, 3.8) is 0 Å². The molecule has 0 aromatic heterocycles. The van der Waals surface area contributed by atoms with Crippen LogP contribution in [0.2, 0.25) is 5.02 Å². The number of halogens is 1. The van der Waals surface area contributed by atoms with E-state index in [4.69, 9.17) is 16.3 Å². The molecule has 2 rings (SSSR count). The highest BCUT2D eigenvalue weighted by molar-refractivity contribution is 6.30. The third-order valence-corrected chi connectivity index (χ3v) is 3.35. The first-order valence-corrected chi connectivity index (χ1v) is 7.52. The molecule has 114 valence electrons. The number of benzene rings is 1. The van der Waals surface area contributed by atoms with Gasteiger partial charge in [-0.25, -0.2) is 0 Å². The minimum atomic E-state index is -0.0948. The van der Waals surface area contributed by atoms with Crippen molar-refractivity contribution >= 4 is 23.7 Å². The van der Waals surface area contributed by atoms with Crippen LogP contribution in [-0.2, 0) is 4.74 Å². The maximum atomic E-state index is 11.9. The molecule has 1 fully saturated rings. The second-order valence-electron chi connectivity index (χ2n) is 4.77. The molecule has 0 unspecified atom stereocenters. The zero-order chi connectivity index (χ0) is 14.9. The SMILES string of the molecule is O=C(NCCC/C=N/N1CCOCC1)c1cccc(Cl)c1. The molecular formula is C15H20ClN3O2. The van der Waals surface area contributed by atoms with Crippen LogP contribution in [0.4, 0.5) is 0 Å². The molecule has 6 heteroatoms. The van der Waals surface area contributed by atoms with E-state index < -0.39 is 0 Å². The van der Waals surface area contributed by atoms with Gasteiger partial charge in [-0.05, 0) is 31.0 Å². The van der Waals surface area contributed by atoms with Gasteiger partial charge in [-0.15, -0.1) is 0 Å². The lowest BCUT2D eigenvalue weighted by Crippen LogP contribution is -2.32. The van der Waals surface area contributed by atoms with Crippen molar-refractivity contribution in [2.75, 3.05) is 32.8 Å². The van der Waals surface area contributed by atoms with Gasteiger partial charge in [0.15, 0.2) is 0 Å². The molecule has 1 heterocycles. The van der Waals surface area contributed by atoms with Crippen molar-refractivity contribution in [1.82, 2.24) is 10.3 Å². The van der Waals surface area contributed by atoms with Crippen LogP contribution in [-0.4, -0.2) is 50.0 Å². The van der Waals surface area contributed by atoms with Crippen LogP contribution in [0.3, 0.4) is 0 Å². The summed E-state index contributed by atoms with van der Waals surface area (Å²) in [5.74, 6) is -0.0948. The third-order valence-electron chi connectivity index (χ3n) is 3.11. The lowest BCUT2D eigenvalue weighted by molar-refractivity contribution is 0.0395. The summed E-state index contributed by atoms with van der Waals surface area (Å²) in [7, 11) is 0. The summed E-state index contributed by atoms with van der Waals surface area (Å²) in [5, 5.41) is 9.82. The van der Waals surface area contributed by atoms with Gasteiger partial charge in [0, 0.05) is 23.3 Å². The Kier molecular flexibility index (Phi) is 6.50. The Morgan fingerprint density at radius 3 is 3.00 bits per heavy atom. The molecule has 1 N–H and O–H groups in total. The molecule has 0 spiro atoms. The van der Waals surface area contributed by atoms with Gasteiger partial charge < -0.3 is 10.1 Å². The molecule has 1 aliphatic heterocycles.